The molecule has 36 heavy (non-hydrogen) atoms. The number of carbonyl (C=O) groups is 2. The highest BCUT2D eigenvalue weighted by molar-refractivity contribution is 6.02. The maximum atomic E-state index is 12.9. The molecule has 0 spiro atoms. The van der Waals surface area contributed by atoms with Gasteiger partial charge in [-0.25, -0.2) is 9.59 Å². The van der Waals surface area contributed by atoms with E-state index in [0.29, 0.717) is 28.6 Å². The summed E-state index contributed by atoms with van der Waals surface area (Å²) in [6.45, 7) is 4.18. The molecule has 1 aliphatic carbocycles. The lowest BCUT2D eigenvalue weighted by molar-refractivity contribution is 0.0693. The predicted molar refractivity (Wildman–Crippen MR) is 144 cm³/mol. The predicted octanol–water partition coefficient (Wildman–Crippen LogP) is 7.00. The summed E-state index contributed by atoms with van der Waals surface area (Å²) < 4.78 is 5.19. The molecule has 2 amide bonds. The van der Waals surface area contributed by atoms with E-state index in [4.69, 9.17) is 4.74 Å². The van der Waals surface area contributed by atoms with E-state index < -0.39 is 5.97 Å². The van der Waals surface area contributed by atoms with Crippen LogP contribution in [0.2, 0.25) is 0 Å². The minimum atomic E-state index is -1.06. The van der Waals surface area contributed by atoms with Gasteiger partial charge in [-0.1, -0.05) is 42.7 Å². The number of aryl methyl sites for hydroxylation is 1. The zero-order valence-corrected chi connectivity index (χ0v) is 20.9. The fraction of sp³-hybridized carbons (Fsp3) is 0.310. The van der Waals surface area contributed by atoms with Crippen LogP contribution in [-0.4, -0.2) is 30.3 Å². The summed E-state index contributed by atoms with van der Waals surface area (Å²) in [5.74, 6) is -0.169. The van der Waals surface area contributed by atoms with E-state index in [2.05, 4.69) is 22.9 Å². The molecule has 3 aromatic carbocycles. The van der Waals surface area contributed by atoms with E-state index in [1.54, 1.807) is 12.1 Å². The molecular formula is C29H33N3O4. The third kappa shape index (κ3) is 5.97. The molecule has 4 N–H and O–H groups in total. The van der Waals surface area contributed by atoms with Crippen molar-refractivity contribution < 1.29 is 19.4 Å². The van der Waals surface area contributed by atoms with Gasteiger partial charge in [0.15, 0.2) is 0 Å². The number of amides is 2. The Labute approximate surface area is 211 Å². The van der Waals surface area contributed by atoms with E-state index in [0.717, 1.165) is 16.8 Å². The summed E-state index contributed by atoms with van der Waals surface area (Å²) >= 11 is 0. The highest BCUT2D eigenvalue weighted by Crippen LogP contribution is 2.35. The van der Waals surface area contributed by atoms with E-state index in [-0.39, 0.29) is 17.6 Å². The first-order chi connectivity index (χ1) is 17.3. The second-order valence-electron chi connectivity index (χ2n) is 9.40. The number of urea groups is 1. The Morgan fingerprint density at radius 1 is 0.917 bits per heavy atom. The SMILES string of the molecule is COc1ccc(-c2ccc(NC(C)C3CCCC3)c(NC(=O)Nc3ccc(C)cc3)c2)cc1C(=O)O. The third-order valence-corrected chi connectivity index (χ3v) is 6.83. The summed E-state index contributed by atoms with van der Waals surface area (Å²) in [5, 5.41) is 19.1. The Kier molecular flexibility index (Phi) is 7.78. The van der Waals surface area contributed by atoms with Gasteiger partial charge in [-0.05, 0) is 80.1 Å². The molecule has 0 saturated heterocycles. The minimum absolute atomic E-state index is 0.0821. The fourth-order valence-electron chi connectivity index (χ4n) is 4.75. The van der Waals surface area contributed by atoms with Gasteiger partial charge < -0.3 is 25.8 Å². The van der Waals surface area contributed by atoms with Crippen LogP contribution in [0.25, 0.3) is 11.1 Å². The number of ether oxygens (including phenoxy) is 1. The summed E-state index contributed by atoms with van der Waals surface area (Å²) in [6.07, 6.45) is 4.91. The molecule has 7 heteroatoms. The van der Waals surface area contributed by atoms with Gasteiger partial charge in [-0.2, -0.15) is 0 Å². The van der Waals surface area contributed by atoms with Crippen LogP contribution in [-0.2, 0) is 0 Å². The topological polar surface area (TPSA) is 99.7 Å². The Morgan fingerprint density at radius 3 is 2.25 bits per heavy atom. The van der Waals surface area contributed by atoms with E-state index in [9.17, 15) is 14.7 Å². The molecule has 0 bridgehead atoms. The lowest BCUT2D eigenvalue weighted by Gasteiger charge is -2.24. The van der Waals surface area contributed by atoms with Gasteiger partial charge >= 0.3 is 12.0 Å². The number of methoxy groups -OCH3 is 1. The number of carbonyl (C=O) groups excluding carboxylic acids is 1. The number of hydrogen-bond acceptors (Lipinski definition) is 4. The molecule has 1 fully saturated rings. The molecule has 1 aliphatic rings. The molecule has 1 saturated carbocycles. The molecule has 0 aliphatic heterocycles. The second-order valence-corrected chi connectivity index (χ2v) is 9.40. The Morgan fingerprint density at radius 2 is 1.58 bits per heavy atom. The number of anilines is 3. The van der Waals surface area contributed by atoms with Gasteiger partial charge in [-0.3, -0.25) is 0 Å². The van der Waals surface area contributed by atoms with Crippen LogP contribution in [0.15, 0.2) is 60.7 Å². The fourth-order valence-corrected chi connectivity index (χ4v) is 4.75. The van der Waals surface area contributed by atoms with Crippen LogP contribution in [0, 0.1) is 12.8 Å². The molecule has 0 aromatic heterocycles. The smallest absolute Gasteiger partial charge is 0.339 e. The van der Waals surface area contributed by atoms with Crippen LogP contribution in [0.3, 0.4) is 0 Å². The van der Waals surface area contributed by atoms with Gasteiger partial charge in [0, 0.05) is 11.7 Å². The van der Waals surface area contributed by atoms with Gasteiger partial charge in [0.2, 0.25) is 0 Å². The number of benzene rings is 3. The van der Waals surface area contributed by atoms with Crippen LogP contribution >= 0.6 is 0 Å². The first kappa shape index (κ1) is 25.1. The van der Waals surface area contributed by atoms with Gasteiger partial charge in [-0.15, -0.1) is 0 Å². The summed E-state index contributed by atoms with van der Waals surface area (Å²) in [4.78, 5) is 24.6. The number of hydrogen-bond donors (Lipinski definition) is 4. The van der Waals surface area contributed by atoms with Crippen molar-refractivity contribution in [3.05, 3.63) is 71.8 Å². The zero-order valence-electron chi connectivity index (χ0n) is 20.9. The van der Waals surface area contributed by atoms with Crippen molar-refractivity contribution in [1.29, 1.82) is 0 Å². The Balaban J connectivity index is 1.64. The average molecular weight is 488 g/mol. The summed E-state index contributed by atoms with van der Waals surface area (Å²) in [5.41, 5.74) is 4.83. The molecule has 7 nitrogen and oxygen atoms in total. The molecule has 3 aromatic rings. The Bertz CT molecular complexity index is 1230. The van der Waals surface area contributed by atoms with Crippen molar-refractivity contribution in [3.63, 3.8) is 0 Å². The highest BCUT2D eigenvalue weighted by atomic mass is 16.5. The van der Waals surface area contributed by atoms with E-state index in [1.165, 1.54) is 32.8 Å². The number of nitrogens with one attached hydrogen (secondary N) is 3. The van der Waals surface area contributed by atoms with Gasteiger partial charge in [0.05, 0.1) is 18.5 Å². The molecule has 4 rings (SSSR count). The maximum Gasteiger partial charge on any atom is 0.339 e. The van der Waals surface area contributed by atoms with Crippen molar-refractivity contribution in [2.24, 2.45) is 5.92 Å². The number of aromatic carboxylic acids is 1. The van der Waals surface area contributed by atoms with Crippen molar-refractivity contribution in [2.45, 2.75) is 45.6 Å². The summed E-state index contributed by atoms with van der Waals surface area (Å²) in [7, 11) is 1.45. The first-order valence-corrected chi connectivity index (χ1v) is 12.3. The van der Waals surface area contributed by atoms with Crippen LogP contribution in [0.4, 0.5) is 21.9 Å². The standard InChI is InChI=1S/C29H33N3O4/c1-18-8-12-23(13-9-18)31-29(35)32-26-17-22(21-11-15-27(36-3)24(16-21)28(33)34)10-14-25(26)30-19(2)20-6-4-5-7-20/h8-17,19-20,30H,4-7H2,1-3H3,(H,33,34)(H2,31,32,35). The van der Waals surface area contributed by atoms with Crippen molar-refractivity contribution in [1.82, 2.24) is 0 Å². The largest absolute Gasteiger partial charge is 0.496 e. The minimum Gasteiger partial charge on any atom is -0.496 e. The molecule has 1 atom stereocenters. The number of carboxylic acids is 1. The molecule has 188 valence electrons. The quantitative estimate of drug-likeness (QED) is 0.274. The lowest BCUT2D eigenvalue weighted by atomic mass is 9.98. The molecule has 0 radical (unpaired) electrons. The molecule has 1 unspecified atom stereocenters. The second kappa shape index (κ2) is 11.2. The van der Waals surface area contributed by atoms with Crippen molar-refractivity contribution >= 4 is 29.1 Å². The van der Waals surface area contributed by atoms with Crippen molar-refractivity contribution in [3.8, 4) is 16.9 Å². The first-order valence-electron chi connectivity index (χ1n) is 12.3. The van der Waals surface area contributed by atoms with Crippen molar-refractivity contribution in [2.75, 3.05) is 23.1 Å². The van der Waals surface area contributed by atoms with Gasteiger partial charge in [0.1, 0.15) is 11.3 Å². The number of carboxylic acid groups (broad SMARTS) is 1. The summed E-state index contributed by atoms with van der Waals surface area (Å²) in [6, 6.07) is 18.3. The van der Waals surface area contributed by atoms with Crippen LogP contribution in [0.5, 0.6) is 5.75 Å². The van der Waals surface area contributed by atoms with E-state index >= 15 is 0 Å². The lowest BCUT2D eigenvalue weighted by Crippen LogP contribution is -2.25. The normalized spacial score (nSPS) is 14.2. The zero-order chi connectivity index (χ0) is 25.7. The number of rotatable bonds is 8. The molecule has 0 heterocycles. The molecular weight excluding hydrogens is 454 g/mol. The Hall–Kier alpha value is -4.00. The maximum absolute atomic E-state index is 12.9. The monoisotopic (exact) mass is 487 g/mol. The van der Waals surface area contributed by atoms with E-state index in [1.807, 2.05) is 55.5 Å². The van der Waals surface area contributed by atoms with Crippen LogP contribution in [0.1, 0.15) is 48.5 Å². The third-order valence-electron chi connectivity index (χ3n) is 6.83. The van der Waals surface area contributed by atoms with Crippen LogP contribution < -0.4 is 20.7 Å². The van der Waals surface area contributed by atoms with Gasteiger partial charge in [0.25, 0.3) is 0 Å². The average Bonchev–Trinajstić information content (AvgIpc) is 3.41. The highest BCUT2D eigenvalue weighted by Gasteiger charge is 2.22.